The summed E-state index contributed by atoms with van der Waals surface area (Å²) in [6, 6.07) is 9.08. The maximum absolute atomic E-state index is 12.0. The molecule has 0 radical (unpaired) electrons. The lowest BCUT2D eigenvalue weighted by Gasteiger charge is -2.12. The Hall–Kier alpha value is -2.76. The number of nitrogens with one attached hydrogen (secondary N) is 1. The molecule has 0 bridgehead atoms. The highest BCUT2D eigenvalue weighted by Crippen LogP contribution is 2.28. The number of rotatable bonds is 9. The third-order valence-electron chi connectivity index (χ3n) is 3.51. The minimum atomic E-state index is -0.105. The molecule has 0 fully saturated rings. The van der Waals surface area contributed by atoms with Gasteiger partial charge in [0.25, 0.3) is 5.91 Å². The zero-order valence-electron chi connectivity index (χ0n) is 14.7. The second-order valence-corrected chi connectivity index (χ2v) is 5.48. The molecule has 0 aliphatic heterocycles. The van der Waals surface area contributed by atoms with E-state index >= 15 is 0 Å². The summed E-state index contributed by atoms with van der Waals surface area (Å²) in [7, 11) is 0. The van der Waals surface area contributed by atoms with Crippen molar-refractivity contribution in [3.8, 4) is 17.2 Å². The van der Waals surface area contributed by atoms with Crippen LogP contribution in [0.15, 0.2) is 42.7 Å². The molecule has 6 heteroatoms. The smallest absolute Gasteiger partial charge is 0.286 e. The zero-order valence-corrected chi connectivity index (χ0v) is 14.7. The van der Waals surface area contributed by atoms with E-state index in [4.69, 9.17) is 9.47 Å². The molecular weight excluding hydrogens is 320 g/mol. The third-order valence-corrected chi connectivity index (χ3v) is 3.51. The summed E-state index contributed by atoms with van der Waals surface area (Å²) in [6.45, 7) is 5.72. The van der Waals surface area contributed by atoms with Gasteiger partial charge in [-0.3, -0.25) is 4.79 Å². The van der Waals surface area contributed by atoms with Crippen LogP contribution in [0.3, 0.4) is 0 Å². The van der Waals surface area contributed by atoms with E-state index in [1.165, 1.54) is 6.20 Å². The Bertz CT molecular complexity index is 704. The summed E-state index contributed by atoms with van der Waals surface area (Å²) < 4.78 is 12.8. The van der Waals surface area contributed by atoms with Crippen LogP contribution in [-0.4, -0.2) is 30.8 Å². The number of aromatic hydroxyl groups is 1. The van der Waals surface area contributed by atoms with E-state index in [0.29, 0.717) is 26.2 Å². The number of aromatic nitrogens is 1. The van der Waals surface area contributed by atoms with Crippen LogP contribution >= 0.6 is 0 Å². The highest BCUT2D eigenvalue weighted by molar-refractivity contribution is 5.74. The van der Waals surface area contributed by atoms with Gasteiger partial charge in [0.15, 0.2) is 23.4 Å². The molecule has 0 aliphatic rings. The first-order chi connectivity index (χ1) is 12.1. The van der Waals surface area contributed by atoms with Gasteiger partial charge in [0.1, 0.15) is 0 Å². The molecule has 0 unspecified atom stereocenters. The first-order valence-corrected chi connectivity index (χ1v) is 8.45. The van der Waals surface area contributed by atoms with Gasteiger partial charge in [-0.15, -0.1) is 0 Å². The van der Waals surface area contributed by atoms with E-state index in [1.54, 1.807) is 22.9 Å². The fourth-order valence-electron chi connectivity index (χ4n) is 2.43. The lowest BCUT2D eigenvalue weighted by Crippen LogP contribution is -2.42. The van der Waals surface area contributed by atoms with Crippen LogP contribution < -0.4 is 19.4 Å². The largest absolute Gasteiger partial charge is 0.503 e. The van der Waals surface area contributed by atoms with Crippen molar-refractivity contribution in [2.24, 2.45) is 0 Å². The Morgan fingerprint density at radius 3 is 2.64 bits per heavy atom. The molecule has 0 aliphatic carbocycles. The van der Waals surface area contributed by atoms with Gasteiger partial charge in [-0.1, -0.05) is 6.07 Å². The Morgan fingerprint density at radius 2 is 1.92 bits per heavy atom. The van der Waals surface area contributed by atoms with Gasteiger partial charge >= 0.3 is 0 Å². The van der Waals surface area contributed by atoms with Crippen LogP contribution in [0.1, 0.15) is 19.4 Å². The highest BCUT2D eigenvalue weighted by atomic mass is 16.5. The van der Waals surface area contributed by atoms with Crippen molar-refractivity contribution in [2.75, 3.05) is 19.8 Å². The summed E-state index contributed by atoms with van der Waals surface area (Å²) in [5.74, 6) is 1.49. The minimum Gasteiger partial charge on any atom is -0.503 e. The molecule has 1 aromatic heterocycles. The average Bonchev–Trinajstić information content (AvgIpc) is 2.57. The molecule has 2 aromatic rings. The number of hydrogen-bond acceptors (Lipinski definition) is 4. The number of benzene rings is 1. The number of pyridine rings is 1. The number of nitrogens with zero attached hydrogens (tertiary/aromatic N) is 1. The second-order valence-electron chi connectivity index (χ2n) is 5.48. The Balaban J connectivity index is 1.86. The average molecular weight is 345 g/mol. The normalized spacial score (nSPS) is 10.3. The van der Waals surface area contributed by atoms with Crippen molar-refractivity contribution >= 4 is 5.91 Å². The second kappa shape index (κ2) is 9.52. The molecule has 2 N–H and O–H groups in total. The maximum Gasteiger partial charge on any atom is 0.286 e. The predicted molar refractivity (Wildman–Crippen MR) is 93.8 cm³/mol. The van der Waals surface area contributed by atoms with Gasteiger partial charge in [-0.2, -0.15) is 4.57 Å². The molecule has 2 rings (SSSR count). The van der Waals surface area contributed by atoms with Gasteiger partial charge < -0.3 is 19.9 Å². The monoisotopic (exact) mass is 345 g/mol. The number of carbonyl (C=O) groups is 1. The van der Waals surface area contributed by atoms with Gasteiger partial charge in [0, 0.05) is 12.6 Å². The van der Waals surface area contributed by atoms with Crippen molar-refractivity contribution < 1.29 is 23.9 Å². The van der Waals surface area contributed by atoms with Gasteiger partial charge in [0.2, 0.25) is 12.7 Å². The van der Waals surface area contributed by atoms with E-state index < -0.39 is 0 Å². The van der Waals surface area contributed by atoms with Crippen molar-refractivity contribution in [3.63, 3.8) is 0 Å². The van der Waals surface area contributed by atoms with Crippen LogP contribution in [0.4, 0.5) is 0 Å². The lowest BCUT2D eigenvalue weighted by molar-refractivity contribution is -0.684. The molecular formula is C19H25N2O4+. The first-order valence-electron chi connectivity index (χ1n) is 8.45. The van der Waals surface area contributed by atoms with Crippen LogP contribution in [0.2, 0.25) is 0 Å². The fraction of sp³-hybridized carbons (Fsp3) is 0.368. The van der Waals surface area contributed by atoms with Crippen molar-refractivity contribution in [3.05, 3.63) is 48.3 Å². The molecule has 0 saturated carbocycles. The zero-order chi connectivity index (χ0) is 18.1. The van der Waals surface area contributed by atoms with E-state index in [1.807, 2.05) is 32.0 Å². The molecule has 134 valence electrons. The van der Waals surface area contributed by atoms with Gasteiger partial charge in [-0.05, 0) is 44.0 Å². The molecule has 0 spiro atoms. The number of carbonyl (C=O) groups excluding carboxylic acids is 1. The van der Waals surface area contributed by atoms with E-state index in [0.717, 1.165) is 17.1 Å². The molecule has 1 heterocycles. The van der Waals surface area contributed by atoms with Gasteiger partial charge in [0.05, 0.1) is 13.2 Å². The first kappa shape index (κ1) is 18.6. The van der Waals surface area contributed by atoms with Crippen molar-refractivity contribution in [1.82, 2.24) is 5.32 Å². The third kappa shape index (κ3) is 5.99. The van der Waals surface area contributed by atoms with Crippen molar-refractivity contribution in [1.29, 1.82) is 0 Å². The predicted octanol–water partition coefficient (Wildman–Crippen LogP) is 1.84. The Labute approximate surface area is 148 Å². The van der Waals surface area contributed by atoms with Crippen LogP contribution in [0, 0.1) is 0 Å². The van der Waals surface area contributed by atoms with Gasteiger partial charge in [-0.25, -0.2) is 0 Å². The summed E-state index contributed by atoms with van der Waals surface area (Å²) >= 11 is 0. The number of amides is 1. The van der Waals surface area contributed by atoms with Crippen LogP contribution in [0.5, 0.6) is 17.2 Å². The molecule has 1 amide bonds. The quantitative estimate of drug-likeness (QED) is 0.680. The lowest BCUT2D eigenvalue weighted by atomic mass is 10.1. The van der Waals surface area contributed by atoms with Crippen LogP contribution in [0.25, 0.3) is 0 Å². The summed E-state index contributed by atoms with van der Waals surface area (Å²) in [5, 5.41) is 12.3. The Kier molecular flexibility index (Phi) is 7.07. The molecule has 0 atom stereocenters. The molecule has 0 saturated heterocycles. The van der Waals surface area contributed by atoms with E-state index in [2.05, 4.69) is 5.32 Å². The summed E-state index contributed by atoms with van der Waals surface area (Å²) in [5.41, 5.74) is 1.07. The number of hydrogen-bond donors (Lipinski definition) is 2. The SMILES string of the molecule is CCOc1ccc(CCNC(=O)C[n+]2cccc(O)c2)cc1OCC. The molecule has 6 nitrogen and oxygen atoms in total. The van der Waals surface area contributed by atoms with Crippen molar-refractivity contribution in [2.45, 2.75) is 26.8 Å². The molecule has 25 heavy (non-hydrogen) atoms. The van der Waals surface area contributed by atoms with E-state index in [9.17, 15) is 9.90 Å². The number of ether oxygens (including phenoxy) is 2. The minimum absolute atomic E-state index is 0.105. The van der Waals surface area contributed by atoms with E-state index in [-0.39, 0.29) is 18.2 Å². The molecule has 1 aromatic carbocycles. The standard InChI is InChI=1S/C19H24N2O4/c1-3-24-17-8-7-15(12-18(17)25-4-2)9-10-20-19(23)14-21-11-5-6-16(22)13-21/h5-8,11-13H,3-4,9-10,14H2,1-2H3,(H-,20,22,23)/p+1. The van der Waals surface area contributed by atoms with Crippen LogP contribution in [-0.2, 0) is 17.8 Å². The summed E-state index contributed by atoms with van der Waals surface area (Å²) in [4.78, 5) is 12.0. The summed E-state index contributed by atoms with van der Waals surface area (Å²) in [6.07, 6.45) is 3.95. The maximum atomic E-state index is 12.0. The highest BCUT2D eigenvalue weighted by Gasteiger charge is 2.10. The topological polar surface area (TPSA) is 71.7 Å². The fourth-order valence-corrected chi connectivity index (χ4v) is 2.43. The Morgan fingerprint density at radius 1 is 1.16 bits per heavy atom.